The van der Waals surface area contributed by atoms with Gasteiger partial charge < -0.3 is 15.0 Å². The van der Waals surface area contributed by atoms with Gasteiger partial charge in [0.15, 0.2) is 0 Å². The van der Waals surface area contributed by atoms with Crippen LogP contribution in [0.2, 0.25) is 0 Å². The zero-order valence-corrected chi connectivity index (χ0v) is 13.5. The molecule has 0 aromatic carbocycles. The number of nitrogens with one attached hydrogen (secondary N) is 2. The maximum Gasteiger partial charge on any atom is 0.211 e. The third-order valence-corrected chi connectivity index (χ3v) is 5.06. The second kappa shape index (κ2) is 9.68. The van der Waals surface area contributed by atoms with E-state index in [4.69, 9.17) is 4.74 Å². The highest BCUT2D eigenvalue weighted by atomic mass is 32.2. The van der Waals surface area contributed by atoms with E-state index < -0.39 is 10.0 Å². The van der Waals surface area contributed by atoms with Gasteiger partial charge in [0.1, 0.15) is 0 Å². The Hall–Kier alpha value is -0.210. The van der Waals surface area contributed by atoms with Gasteiger partial charge in [0, 0.05) is 32.8 Å². The Bertz CT molecular complexity index is 343. The van der Waals surface area contributed by atoms with E-state index >= 15 is 0 Å². The van der Waals surface area contributed by atoms with Gasteiger partial charge in [-0.15, -0.1) is 0 Å². The highest BCUT2D eigenvalue weighted by molar-refractivity contribution is 7.89. The van der Waals surface area contributed by atoms with E-state index in [1.165, 1.54) is 12.8 Å². The van der Waals surface area contributed by atoms with Crippen molar-refractivity contribution in [1.82, 2.24) is 14.9 Å². The number of piperidine rings is 1. The predicted octanol–water partition coefficient (Wildman–Crippen LogP) is 0.0162. The van der Waals surface area contributed by atoms with E-state index in [1.807, 2.05) is 7.05 Å². The minimum atomic E-state index is -3.15. The summed E-state index contributed by atoms with van der Waals surface area (Å²) in [4.78, 5) is 2.05. The number of rotatable bonds is 10. The lowest BCUT2D eigenvalue weighted by Gasteiger charge is -2.23. The van der Waals surface area contributed by atoms with Crippen LogP contribution in [-0.2, 0) is 14.8 Å². The van der Waals surface area contributed by atoms with Crippen molar-refractivity contribution in [3.05, 3.63) is 0 Å². The molecule has 0 aromatic heterocycles. The first-order chi connectivity index (χ1) is 9.53. The molecule has 2 N–H and O–H groups in total. The Labute approximate surface area is 123 Å². The summed E-state index contributed by atoms with van der Waals surface area (Å²) >= 11 is 0. The Morgan fingerprint density at radius 1 is 1.35 bits per heavy atom. The second-order valence-electron chi connectivity index (χ2n) is 5.44. The molecule has 7 heteroatoms. The summed E-state index contributed by atoms with van der Waals surface area (Å²) in [5.41, 5.74) is 0. The summed E-state index contributed by atoms with van der Waals surface area (Å²) in [5, 5.41) is 3.37. The average Bonchev–Trinajstić information content (AvgIpc) is 2.44. The molecule has 1 aliphatic rings. The zero-order chi connectivity index (χ0) is 14.8. The third kappa shape index (κ3) is 8.16. The van der Waals surface area contributed by atoms with Crippen LogP contribution in [0, 0.1) is 0 Å². The van der Waals surface area contributed by atoms with Crippen LogP contribution in [0.1, 0.15) is 25.7 Å². The topological polar surface area (TPSA) is 70.7 Å². The van der Waals surface area contributed by atoms with Crippen LogP contribution >= 0.6 is 0 Å². The summed E-state index contributed by atoms with van der Waals surface area (Å²) in [6, 6.07) is 0.365. The van der Waals surface area contributed by atoms with Gasteiger partial charge in [-0.25, -0.2) is 13.1 Å². The number of ether oxygens (including phenoxy) is 1. The van der Waals surface area contributed by atoms with Crippen molar-refractivity contribution in [2.75, 3.05) is 52.7 Å². The first kappa shape index (κ1) is 17.8. The fourth-order valence-electron chi connectivity index (χ4n) is 2.29. The molecule has 1 fully saturated rings. The Balaban J connectivity index is 2.14. The van der Waals surface area contributed by atoms with Crippen LogP contribution in [-0.4, -0.2) is 72.1 Å². The summed E-state index contributed by atoms with van der Waals surface area (Å²) in [7, 11) is 0.475. The second-order valence-corrected chi connectivity index (χ2v) is 7.37. The molecule has 1 heterocycles. The molecular weight excluding hydrogens is 278 g/mol. The van der Waals surface area contributed by atoms with Gasteiger partial charge in [-0.05, 0) is 32.9 Å². The van der Waals surface area contributed by atoms with Crippen molar-refractivity contribution >= 4 is 10.0 Å². The quantitative estimate of drug-likeness (QED) is 0.595. The molecular formula is C13H29N3O3S. The van der Waals surface area contributed by atoms with Crippen LogP contribution in [0.15, 0.2) is 0 Å². The van der Waals surface area contributed by atoms with Crippen molar-refractivity contribution < 1.29 is 13.2 Å². The SMILES string of the molecule is COCCN(C)CCNS(=O)(=O)CCC1CCCCN1. The lowest BCUT2D eigenvalue weighted by molar-refractivity contribution is 0.162. The molecule has 20 heavy (non-hydrogen) atoms. The molecule has 0 saturated carbocycles. The molecule has 0 aliphatic carbocycles. The van der Waals surface area contributed by atoms with Gasteiger partial charge in [-0.2, -0.15) is 0 Å². The first-order valence-corrected chi connectivity index (χ1v) is 9.07. The molecule has 0 amide bonds. The predicted molar refractivity (Wildman–Crippen MR) is 81.4 cm³/mol. The van der Waals surface area contributed by atoms with E-state index in [0.717, 1.165) is 19.5 Å². The van der Waals surface area contributed by atoms with Crippen molar-refractivity contribution in [2.24, 2.45) is 0 Å². The van der Waals surface area contributed by atoms with E-state index in [-0.39, 0.29) is 5.75 Å². The van der Waals surface area contributed by atoms with Crippen molar-refractivity contribution in [3.63, 3.8) is 0 Å². The molecule has 120 valence electrons. The van der Waals surface area contributed by atoms with Crippen molar-refractivity contribution in [3.8, 4) is 0 Å². The largest absolute Gasteiger partial charge is 0.383 e. The maximum absolute atomic E-state index is 11.9. The maximum atomic E-state index is 11.9. The summed E-state index contributed by atoms with van der Waals surface area (Å²) in [5.74, 6) is 0.215. The molecule has 1 unspecified atom stereocenters. The highest BCUT2D eigenvalue weighted by Gasteiger charge is 2.17. The minimum absolute atomic E-state index is 0.215. The number of methoxy groups -OCH3 is 1. The van der Waals surface area contributed by atoms with Crippen LogP contribution in [0.25, 0.3) is 0 Å². The number of nitrogens with zero attached hydrogens (tertiary/aromatic N) is 1. The van der Waals surface area contributed by atoms with E-state index in [9.17, 15) is 8.42 Å². The minimum Gasteiger partial charge on any atom is -0.383 e. The Morgan fingerprint density at radius 2 is 2.15 bits per heavy atom. The van der Waals surface area contributed by atoms with E-state index in [0.29, 0.717) is 32.2 Å². The number of sulfonamides is 1. The molecule has 1 atom stereocenters. The third-order valence-electron chi connectivity index (χ3n) is 3.64. The molecule has 0 bridgehead atoms. The monoisotopic (exact) mass is 307 g/mol. The molecule has 6 nitrogen and oxygen atoms in total. The summed E-state index contributed by atoms with van der Waals surface area (Å²) in [6.45, 7) is 3.65. The van der Waals surface area contributed by atoms with Gasteiger partial charge in [0.25, 0.3) is 0 Å². The van der Waals surface area contributed by atoms with Gasteiger partial charge in [-0.3, -0.25) is 0 Å². The average molecular weight is 307 g/mol. The first-order valence-electron chi connectivity index (χ1n) is 7.42. The highest BCUT2D eigenvalue weighted by Crippen LogP contribution is 2.10. The lowest BCUT2D eigenvalue weighted by Crippen LogP contribution is -2.39. The number of hydrogen-bond donors (Lipinski definition) is 2. The van der Waals surface area contributed by atoms with Crippen molar-refractivity contribution in [1.29, 1.82) is 0 Å². The van der Waals surface area contributed by atoms with Gasteiger partial charge in [0.2, 0.25) is 10.0 Å². The smallest absolute Gasteiger partial charge is 0.211 e. The van der Waals surface area contributed by atoms with Crippen LogP contribution in [0.5, 0.6) is 0 Å². The number of hydrogen-bond acceptors (Lipinski definition) is 5. The van der Waals surface area contributed by atoms with Crippen molar-refractivity contribution in [2.45, 2.75) is 31.7 Å². The zero-order valence-electron chi connectivity index (χ0n) is 12.7. The Kier molecular flexibility index (Phi) is 8.63. The normalized spacial score (nSPS) is 20.4. The molecule has 0 radical (unpaired) electrons. The summed E-state index contributed by atoms with van der Waals surface area (Å²) in [6.07, 6.45) is 4.20. The van der Waals surface area contributed by atoms with Crippen LogP contribution in [0.4, 0.5) is 0 Å². The Morgan fingerprint density at radius 3 is 2.80 bits per heavy atom. The molecule has 0 spiro atoms. The van der Waals surface area contributed by atoms with Gasteiger partial charge >= 0.3 is 0 Å². The van der Waals surface area contributed by atoms with Crippen LogP contribution < -0.4 is 10.0 Å². The van der Waals surface area contributed by atoms with E-state index in [1.54, 1.807) is 7.11 Å². The molecule has 1 aliphatic heterocycles. The molecule has 0 aromatic rings. The standard InChI is InChI=1S/C13H29N3O3S/c1-16(10-11-19-2)9-8-15-20(17,18)12-6-13-5-3-4-7-14-13/h13-15H,3-12H2,1-2H3. The lowest BCUT2D eigenvalue weighted by atomic mass is 10.0. The van der Waals surface area contributed by atoms with Gasteiger partial charge in [-0.1, -0.05) is 6.42 Å². The number of likely N-dealkylation sites (N-methyl/N-ethyl adjacent to an activating group) is 1. The molecule has 1 saturated heterocycles. The molecule has 1 rings (SSSR count). The van der Waals surface area contributed by atoms with Crippen LogP contribution in [0.3, 0.4) is 0 Å². The summed E-state index contributed by atoms with van der Waals surface area (Å²) < 4.78 is 31.4. The fraction of sp³-hybridized carbons (Fsp3) is 1.00. The van der Waals surface area contributed by atoms with E-state index in [2.05, 4.69) is 14.9 Å². The van der Waals surface area contributed by atoms with Gasteiger partial charge in [0.05, 0.1) is 12.4 Å². The fourth-order valence-corrected chi connectivity index (χ4v) is 3.43.